The first-order valence-corrected chi connectivity index (χ1v) is 20.3. The molecule has 3 heterocycles. The molecule has 4 nitrogen and oxygen atoms in total. The van der Waals surface area contributed by atoms with Gasteiger partial charge in [0.2, 0.25) is 0 Å². The van der Waals surface area contributed by atoms with Crippen molar-refractivity contribution in [2.45, 2.75) is 25.7 Å². The molecule has 0 atom stereocenters. The van der Waals surface area contributed by atoms with Crippen molar-refractivity contribution in [2.24, 2.45) is 0 Å². The van der Waals surface area contributed by atoms with Gasteiger partial charge >= 0.3 is 0 Å². The Hall–Kier alpha value is -7.30. The van der Waals surface area contributed by atoms with E-state index in [2.05, 4.69) is 130 Å². The summed E-state index contributed by atoms with van der Waals surface area (Å²) in [6.07, 6.45) is 3.24. The smallest absolute Gasteiger partial charge is 0.193 e. The largest absolute Gasteiger partial charge is 0.309 e. The summed E-state index contributed by atoms with van der Waals surface area (Å²) in [7, 11) is 0. The lowest BCUT2D eigenvalue weighted by Gasteiger charge is -2.10. The summed E-state index contributed by atoms with van der Waals surface area (Å²) >= 11 is 0. The number of para-hydroxylation sites is 2. The van der Waals surface area contributed by atoms with E-state index in [-0.39, 0.29) is 11.6 Å². The van der Waals surface area contributed by atoms with Crippen molar-refractivity contribution in [1.29, 1.82) is 0 Å². The second-order valence-electron chi connectivity index (χ2n) is 16.2. The van der Waals surface area contributed by atoms with E-state index in [1.54, 1.807) is 0 Å². The van der Waals surface area contributed by atoms with Crippen LogP contribution in [0.3, 0.4) is 0 Å². The molecule has 0 aliphatic heterocycles. The topological polar surface area (TPSA) is 43.5 Å². The molecular formula is C54H34N2O2. The van der Waals surface area contributed by atoms with Crippen molar-refractivity contribution in [1.82, 2.24) is 8.97 Å². The summed E-state index contributed by atoms with van der Waals surface area (Å²) in [6.45, 7) is 0. The van der Waals surface area contributed by atoms with Gasteiger partial charge in [-0.05, 0) is 120 Å². The van der Waals surface area contributed by atoms with Crippen molar-refractivity contribution in [3.63, 3.8) is 0 Å². The van der Waals surface area contributed by atoms with Gasteiger partial charge in [0.05, 0.1) is 27.6 Å². The normalized spacial score (nSPS) is 14.0. The van der Waals surface area contributed by atoms with Crippen molar-refractivity contribution >= 4 is 71.5 Å². The molecule has 13 rings (SSSR count). The van der Waals surface area contributed by atoms with Crippen molar-refractivity contribution in [2.75, 3.05) is 0 Å². The minimum absolute atomic E-state index is 0.0815. The number of hydrogen-bond acceptors (Lipinski definition) is 2. The first-order chi connectivity index (χ1) is 28.6. The molecule has 0 radical (unpaired) electrons. The molecule has 0 amide bonds. The molecule has 0 saturated carbocycles. The molecule has 2 aliphatic rings. The number of carbonyl (C=O) groups excluding carboxylic acids is 2. The number of carbonyl (C=O) groups is 2. The number of ketones is 2. The predicted molar refractivity (Wildman–Crippen MR) is 235 cm³/mol. The molecule has 3 aromatic heterocycles. The fourth-order valence-corrected chi connectivity index (χ4v) is 10.5. The van der Waals surface area contributed by atoms with Gasteiger partial charge in [-0.15, -0.1) is 0 Å². The van der Waals surface area contributed by atoms with E-state index in [1.807, 2.05) is 36.4 Å². The summed E-state index contributed by atoms with van der Waals surface area (Å²) in [5.74, 6) is 0.163. The molecule has 0 spiro atoms. The van der Waals surface area contributed by atoms with Crippen LogP contribution in [0.4, 0.5) is 0 Å². The molecule has 0 unspecified atom stereocenters. The number of benzene rings is 8. The first-order valence-electron chi connectivity index (χ1n) is 20.3. The molecule has 4 heteroatoms. The molecule has 0 saturated heterocycles. The lowest BCUT2D eigenvalue weighted by atomic mass is 9.94. The molecule has 8 aromatic carbocycles. The van der Waals surface area contributed by atoms with Crippen LogP contribution in [-0.4, -0.2) is 20.5 Å². The van der Waals surface area contributed by atoms with Crippen LogP contribution in [0.15, 0.2) is 158 Å². The van der Waals surface area contributed by atoms with Crippen molar-refractivity contribution in [3.8, 4) is 16.8 Å². The first kappa shape index (κ1) is 31.9. The van der Waals surface area contributed by atoms with Gasteiger partial charge in [-0.25, -0.2) is 0 Å². The summed E-state index contributed by atoms with van der Waals surface area (Å²) < 4.78 is 4.71. The van der Waals surface area contributed by atoms with Gasteiger partial charge in [0.15, 0.2) is 11.6 Å². The van der Waals surface area contributed by atoms with Gasteiger partial charge in [-0.3, -0.25) is 9.59 Å². The lowest BCUT2D eigenvalue weighted by molar-refractivity contribution is 0.103. The molecule has 0 fully saturated rings. The highest BCUT2D eigenvalue weighted by Gasteiger charge is 2.28. The number of aryl methyl sites for hydroxylation is 4. The third-order valence-corrected chi connectivity index (χ3v) is 13.2. The number of hydrogen-bond donors (Lipinski definition) is 0. The average molecular weight is 743 g/mol. The summed E-state index contributed by atoms with van der Waals surface area (Å²) in [5.41, 5.74) is 16.4. The molecule has 0 N–H and O–H groups in total. The molecule has 11 aromatic rings. The number of rotatable bonds is 2. The Morgan fingerprint density at radius 2 is 0.879 bits per heavy atom. The van der Waals surface area contributed by atoms with Gasteiger partial charge in [0.25, 0.3) is 0 Å². The molecule has 0 bridgehead atoms. The van der Waals surface area contributed by atoms with Crippen LogP contribution < -0.4 is 0 Å². The van der Waals surface area contributed by atoms with Crippen LogP contribution in [0, 0.1) is 0 Å². The SMILES string of the molecule is O=C1c2ccccc2CCc2cc3c4cc(-c5ccc6c7ccccc7n(-c7ccccc7)c6c5)cc5c6cc7c(cc6n(c3cc21)c45)C(=O)c1ccccc1CC7. The number of fused-ring (bicyclic) bond motifs is 13. The summed E-state index contributed by atoms with van der Waals surface area (Å²) in [5, 5.41) is 7.03. The maximum Gasteiger partial charge on any atom is 0.193 e. The van der Waals surface area contributed by atoms with Crippen molar-refractivity contribution < 1.29 is 9.59 Å². The van der Waals surface area contributed by atoms with E-state index in [4.69, 9.17) is 0 Å². The maximum absolute atomic E-state index is 14.3. The average Bonchev–Trinajstić information content (AvgIpc) is 3.83. The van der Waals surface area contributed by atoms with Gasteiger partial charge < -0.3 is 8.97 Å². The fraction of sp³-hybridized carbons (Fsp3) is 0.0741. The van der Waals surface area contributed by atoms with Crippen LogP contribution in [-0.2, 0) is 25.7 Å². The minimum Gasteiger partial charge on any atom is -0.309 e. The third kappa shape index (κ3) is 4.29. The highest BCUT2D eigenvalue weighted by molar-refractivity contribution is 6.27. The van der Waals surface area contributed by atoms with Gasteiger partial charge in [-0.1, -0.05) is 97.1 Å². The lowest BCUT2D eigenvalue weighted by Crippen LogP contribution is -2.05. The van der Waals surface area contributed by atoms with Gasteiger partial charge in [-0.2, -0.15) is 0 Å². The number of aromatic nitrogens is 2. The Labute approximate surface area is 333 Å². The van der Waals surface area contributed by atoms with E-state index in [9.17, 15) is 9.59 Å². The monoisotopic (exact) mass is 742 g/mol. The summed E-state index contributed by atoms with van der Waals surface area (Å²) in [6, 6.07) is 55.8. The molecule has 2 aliphatic carbocycles. The highest BCUT2D eigenvalue weighted by atomic mass is 16.1. The summed E-state index contributed by atoms with van der Waals surface area (Å²) in [4.78, 5) is 28.6. The zero-order valence-electron chi connectivity index (χ0n) is 31.6. The van der Waals surface area contributed by atoms with Gasteiger partial charge in [0, 0.05) is 60.3 Å². The van der Waals surface area contributed by atoms with Crippen LogP contribution in [0.25, 0.3) is 76.7 Å². The van der Waals surface area contributed by atoms with Crippen LogP contribution >= 0.6 is 0 Å². The van der Waals surface area contributed by atoms with E-state index in [0.717, 1.165) is 131 Å². The Kier molecular flexibility index (Phi) is 6.38. The van der Waals surface area contributed by atoms with E-state index >= 15 is 0 Å². The van der Waals surface area contributed by atoms with E-state index in [0.29, 0.717) is 0 Å². The van der Waals surface area contributed by atoms with Crippen LogP contribution in [0.2, 0.25) is 0 Å². The van der Waals surface area contributed by atoms with Crippen LogP contribution in [0.5, 0.6) is 0 Å². The number of nitrogens with zero attached hydrogens (tertiary/aromatic N) is 2. The molecular weight excluding hydrogens is 709 g/mol. The zero-order valence-corrected chi connectivity index (χ0v) is 31.6. The Morgan fingerprint density at radius 3 is 1.52 bits per heavy atom. The highest BCUT2D eigenvalue weighted by Crippen LogP contribution is 2.45. The standard InChI is InChI=1S/C54H34N2O2/c57-53-38-14-6-4-10-31(38)18-20-34-24-44-46-26-36(33-22-23-41-40-16-8-9-17-48(40)55(49(41)28-33)37-12-2-1-3-13-37)27-47-45-25-35-21-19-32-11-5-7-15-39(32)54(58)43(35)30-51(45)56(52(46)47)50(44)29-42(34)53/h1-17,22-30H,18-21H2. The Bertz CT molecular complexity index is 3450. The third-order valence-electron chi connectivity index (χ3n) is 13.2. The van der Waals surface area contributed by atoms with E-state index < -0.39 is 0 Å². The van der Waals surface area contributed by atoms with E-state index in [1.165, 1.54) is 16.3 Å². The fourth-order valence-electron chi connectivity index (χ4n) is 10.5. The predicted octanol–water partition coefficient (Wildman–Crippen LogP) is 12.3. The minimum atomic E-state index is 0.0815. The second kappa shape index (κ2) is 11.6. The molecule has 58 heavy (non-hydrogen) atoms. The quantitative estimate of drug-likeness (QED) is 0.177. The van der Waals surface area contributed by atoms with Crippen LogP contribution in [0.1, 0.15) is 54.1 Å². The van der Waals surface area contributed by atoms with Crippen molar-refractivity contribution in [3.05, 3.63) is 202 Å². The second-order valence-corrected chi connectivity index (χ2v) is 16.2. The maximum atomic E-state index is 14.3. The Morgan fingerprint density at radius 1 is 0.345 bits per heavy atom. The Balaban J connectivity index is 1.12. The molecule has 272 valence electrons. The van der Waals surface area contributed by atoms with Gasteiger partial charge in [0.1, 0.15) is 0 Å². The zero-order chi connectivity index (χ0) is 38.2.